The molecule has 6 nitrogen and oxygen atoms in total. The van der Waals surface area contributed by atoms with Crippen molar-refractivity contribution in [1.82, 2.24) is 10.8 Å². The van der Waals surface area contributed by atoms with E-state index >= 15 is 0 Å². The predicted octanol–water partition coefficient (Wildman–Crippen LogP) is 1.04. The molecule has 2 N–H and O–H groups in total. The van der Waals surface area contributed by atoms with Gasteiger partial charge in [-0.25, -0.2) is 4.79 Å². The fraction of sp³-hybridized carbons (Fsp3) is 0.357. The summed E-state index contributed by atoms with van der Waals surface area (Å²) in [7, 11) is 0. The van der Waals surface area contributed by atoms with E-state index in [4.69, 9.17) is 0 Å². The van der Waals surface area contributed by atoms with Crippen molar-refractivity contribution < 1.29 is 19.2 Å². The van der Waals surface area contributed by atoms with Crippen LogP contribution in [0.3, 0.4) is 0 Å². The minimum Gasteiger partial charge on any atom is -0.343 e. The Balaban J connectivity index is 2.34. The van der Waals surface area contributed by atoms with Gasteiger partial charge >= 0.3 is 5.97 Å². The number of amides is 2. The normalized spacial score (nSPS) is 10.6. The largest absolute Gasteiger partial charge is 0.343 e. The molecule has 6 heteroatoms. The van der Waals surface area contributed by atoms with E-state index in [1.54, 1.807) is 51.1 Å². The van der Waals surface area contributed by atoms with E-state index in [1.165, 1.54) is 0 Å². The van der Waals surface area contributed by atoms with Gasteiger partial charge in [0.25, 0.3) is 11.8 Å². The van der Waals surface area contributed by atoms with Crippen LogP contribution in [0, 0.1) is 5.41 Å². The summed E-state index contributed by atoms with van der Waals surface area (Å²) in [6.45, 7) is 4.72. The first-order valence-electron chi connectivity index (χ1n) is 6.14. The number of hydroxylamine groups is 1. The molecule has 2 amide bonds. The first-order chi connectivity index (χ1) is 9.30. The Kier molecular flexibility index (Phi) is 5.25. The maximum absolute atomic E-state index is 11.6. The van der Waals surface area contributed by atoms with Crippen molar-refractivity contribution >= 4 is 17.8 Å². The number of hydrogen-bond donors (Lipinski definition) is 2. The highest BCUT2D eigenvalue weighted by Crippen LogP contribution is 2.13. The van der Waals surface area contributed by atoms with Gasteiger partial charge in [0.2, 0.25) is 0 Å². The summed E-state index contributed by atoms with van der Waals surface area (Å²) >= 11 is 0. The summed E-state index contributed by atoms with van der Waals surface area (Å²) in [6.07, 6.45) is 0. The lowest BCUT2D eigenvalue weighted by Gasteiger charge is -2.15. The zero-order chi connectivity index (χ0) is 15.2. The van der Waals surface area contributed by atoms with Crippen LogP contribution in [-0.4, -0.2) is 24.3 Å². The second-order valence-electron chi connectivity index (χ2n) is 5.21. The molecular weight excluding hydrogens is 260 g/mol. The Morgan fingerprint density at radius 1 is 1.10 bits per heavy atom. The van der Waals surface area contributed by atoms with Gasteiger partial charge in [0.15, 0.2) is 0 Å². The predicted molar refractivity (Wildman–Crippen MR) is 72.5 cm³/mol. The fourth-order valence-corrected chi connectivity index (χ4v) is 1.14. The molecule has 0 saturated heterocycles. The lowest BCUT2D eigenvalue weighted by atomic mass is 9.98. The van der Waals surface area contributed by atoms with Gasteiger partial charge in [0.05, 0.1) is 12.0 Å². The van der Waals surface area contributed by atoms with Gasteiger partial charge in [-0.15, -0.1) is 0 Å². The zero-order valence-electron chi connectivity index (χ0n) is 11.7. The molecule has 0 aromatic heterocycles. The highest BCUT2D eigenvalue weighted by molar-refractivity contribution is 5.96. The summed E-state index contributed by atoms with van der Waals surface area (Å²) in [6, 6.07) is 8.50. The van der Waals surface area contributed by atoms with Crippen molar-refractivity contribution in [3.63, 3.8) is 0 Å². The summed E-state index contributed by atoms with van der Waals surface area (Å²) in [4.78, 5) is 39.1. The van der Waals surface area contributed by atoms with Gasteiger partial charge in [0, 0.05) is 5.56 Å². The van der Waals surface area contributed by atoms with Crippen LogP contribution in [0.5, 0.6) is 0 Å². The van der Waals surface area contributed by atoms with E-state index in [-0.39, 0.29) is 12.5 Å². The number of rotatable bonds is 3. The van der Waals surface area contributed by atoms with E-state index < -0.39 is 17.3 Å². The lowest BCUT2D eigenvalue weighted by Crippen LogP contribution is -2.39. The minimum absolute atomic E-state index is 0.273. The maximum Gasteiger partial charge on any atom is 0.337 e. The van der Waals surface area contributed by atoms with E-state index in [2.05, 4.69) is 10.2 Å². The van der Waals surface area contributed by atoms with Crippen molar-refractivity contribution in [1.29, 1.82) is 0 Å². The second-order valence-corrected chi connectivity index (χ2v) is 5.21. The molecule has 0 spiro atoms. The standard InChI is InChI=1S/C14H18N2O4/c1-14(2,3)13(19)20-16-11(17)9-15-12(18)10-7-5-4-6-8-10/h4-8H,9H2,1-3H3,(H,15,18)(H,16,17). The fourth-order valence-electron chi connectivity index (χ4n) is 1.14. The molecule has 0 aliphatic carbocycles. The quantitative estimate of drug-likeness (QED) is 0.809. The molecule has 20 heavy (non-hydrogen) atoms. The van der Waals surface area contributed by atoms with E-state index in [1.807, 2.05) is 5.48 Å². The molecule has 0 aliphatic rings. The Hall–Kier alpha value is -2.37. The summed E-state index contributed by atoms with van der Waals surface area (Å²) in [5.41, 5.74) is 1.74. The third-order valence-electron chi connectivity index (χ3n) is 2.32. The number of hydrogen-bond acceptors (Lipinski definition) is 4. The second kappa shape index (κ2) is 6.70. The molecule has 1 rings (SSSR count). The number of nitrogens with one attached hydrogen (secondary N) is 2. The van der Waals surface area contributed by atoms with Crippen molar-refractivity contribution in [2.75, 3.05) is 6.54 Å². The average Bonchev–Trinajstić information content (AvgIpc) is 2.41. The molecule has 0 saturated carbocycles. The lowest BCUT2D eigenvalue weighted by molar-refractivity contribution is -0.165. The third-order valence-corrected chi connectivity index (χ3v) is 2.32. The van der Waals surface area contributed by atoms with Crippen LogP contribution in [0.4, 0.5) is 0 Å². The molecule has 0 aliphatic heterocycles. The van der Waals surface area contributed by atoms with Gasteiger partial charge < -0.3 is 10.2 Å². The smallest absolute Gasteiger partial charge is 0.337 e. The van der Waals surface area contributed by atoms with Crippen LogP contribution in [-0.2, 0) is 14.4 Å². The summed E-state index contributed by atoms with van der Waals surface area (Å²) in [5.74, 6) is -1.53. The van der Waals surface area contributed by atoms with Crippen molar-refractivity contribution in [2.45, 2.75) is 20.8 Å². The van der Waals surface area contributed by atoms with Crippen molar-refractivity contribution in [2.24, 2.45) is 5.41 Å². The Morgan fingerprint density at radius 3 is 2.25 bits per heavy atom. The molecule has 1 aromatic rings. The first-order valence-corrected chi connectivity index (χ1v) is 6.14. The van der Waals surface area contributed by atoms with Gasteiger partial charge in [-0.05, 0) is 32.9 Å². The summed E-state index contributed by atoms with van der Waals surface area (Å²) < 4.78 is 0. The van der Waals surface area contributed by atoms with E-state index in [0.717, 1.165) is 0 Å². The van der Waals surface area contributed by atoms with Gasteiger partial charge in [0.1, 0.15) is 0 Å². The van der Waals surface area contributed by atoms with Crippen LogP contribution in [0.1, 0.15) is 31.1 Å². The SMILES string of the molecule is CC(C)(C)C(=O)ONC(=O)CNC(=O)c1ccccc1. The topological polar surface area (TPSA) is 84.5 Å². The number of carbonyl (C=O) groups excluding carboxylic acids is 3. The third kappa shape index (κ3) is 5.09. The van der Waals surface area contributed by atoms with E-state index in [0.29, 0.717) is 5.56 Å². The van der Waals surface area contributed by atoms with Crippen LogP contribution >= 0.6 is 0 Å². The Labute approximate surface area is 117 Å². The van der Waals surface area contributed by atoms with Gasteiger partial charge in [-0.2, -0.15) is 5.48 Å². The molecule has 0 heterocycles. The van der Waals surface area contributed by atoms with Crippen LogP contribution in [0.25, 0.3) is 0 Å². The maximum atomic E-state index is 11.6. The summed E-state index contributed by atoms with van der Waals surface area (Å²) in [5, 5.41) is 2.42. The number of benzene rings is 1. The van der Waals surface area contributed by atoms with Gasteiger partial charge in [-0.1, -0.05) is 18.2 Å². The van der Waals surface area contributed by atoms with Crippen LogP contribution in [0.2, 0.25) is 0 Å². The average molecular weight is 278 g/mol. The van der Waals surface area contributed by atoms with Gasteiger partial charge in [-0.3, -0.25) is 9.59 Å². The molecule has 0 fully saturated rings. The number of carbonyl (C=O) groups is 3. The van der Waals surface area contributed by atoms with E-state index in [9.17, 15) is 14.4 Å². The molecule has 1 aromatic carbocycles. The highest BCUT2D eigenvalue weighted by atomic mass is 16.7. The highest BCUT2D eigenvalue weighted by Gasteiger charge is 2.24. The van der Waals surface area contributed by atoms with Crippen LogP contribution in [0.15, 0.2) is 30.3 Å². The first kappa shape index (κ1) is 15.7. The molecule has 108 valence electrons. The molecule has 0 bridgehead atoms. The molecule has 0 radical (unpaired) electrons. The Bertz CT molecular complexity index is 492. The monoisotopic (exact) mass is 278 g/mol. The van der Waals surface area contributed by atoms with Crippen LogP contribution < -0.4 is 10.8 Å². The molecule has 0 unspecified atom stereocenters. The zero-order valence-corrected chi connectivity index (χ0v) is 11.7. The Morgan fingerprint density at radius 2 is 1.70 bits per heavy atom. The molecular formula is C14H18N2O4. The van der Waals surface area contributed by atoms with Crippen molar-refractivity contribution in [3.05, 3.63) is 35.9 Å². The molecule has 0 atom stereocenters. The minimum atomic E-state index is -0.708. The van der Waals surface area contributed by atoms with Crippen molar-refractivity contribution in [3.8, 4) is 0 Å².